The van der Waals surface area contributed by atoms with Crippen molar-refractivity contribution >= 4 is 21.9 Å². The van der Waals surface area contributed by atoms with Gasteiger partial charge in [-0.05, 0) is 35.4 Å². The third-order valence-electron chi connectivity index (χ3n) is 8.40. The number of aromatic nitrogens is 3. The Hall–Kier alpha value is -4.44. The van der Waals surface area contributed by atoms with E-state index in [1.54, 1.807) is 0 Å². The Kier molecular flexibility index (Phi) is 10.2. The highest BCUT2D eigenvalue weighted by molar-refractivity contribution is 6.13. The summed E-state index contributed by atoms with van der Waals surface area (Å²) in [4.78, 5) is 7.68. The second-order valence-electron chi connectivity index (χ2n) is 11.6. The van der Waals surface area contributed by atoms with Crippen LogP contribution < -0.4 is 0 Å². The topological polar surface area (TPSA) is 70.9 Å². The SMILES string of the molecule is c1ccc(-c2nn(-c3ccccc3)c3nc4ccc(CN5CCOCCOCCOCCOCC5)cc4c(-c4ccccc4)c23)cc1. The van der Waals surface area contributed by atoms with Crippen LogP contribution in [0.1, 0.15) is 5.56 Å². The summed E-state index contributed by atoms with van der Waals surface area (Å²) in [5.74, 6) is 0. The van der Waals surface area contributed by atoms with Crippen molar-refractivity contribution in [2.75, 3.05) is 65.9 Å². The molecule has 6 aromatic rings. The molecule has 8 heteroatoms. The second-order valence-corrected chi connectivity index (χ2v) is 11.6. The molecule has 0 aliphatic carbocycles. The molecule has 1 aliphatic rings. The fourth-order valence-electron chi connectivity index (χ4n) is 6.10. The highest BCUT2D eigenvalue weighted by Crippen LogP contribution is 2.41. The molecule has 0 saturated carbocycles. The van der Waals surface area contributed by atoms with Crippen molar-refractivity contribution in [3.05, 3.63) is 115 Å². The summed E-state index contributed by atoms with van der Waals surface area (Å²) >= 11 is 0. The van der Waals surface area contributed by atoms with Gasteiger partial charge >= 0.3 is 0 Å². The van der Waals surface area contributed by atoms with E-state index < -0.39 is 0 Å². The van der Waals surface area contributed by atoms with Gasteiger partial charge in [0.15, 0.2) is 5.65 Å². The molecule has 1 aliphatic heterocycles. The van der Waals surface area contributed by atoms with Crippen LogP contribution >= 0.6 is 0 Å². The van der Waals surface area contributed by atoms with E-state index in [0.717, 1.165) is 69.6 Å². The summed E-state index contributed by atoms with van der Waals surface area (Å²) in [6.45, 7) is 7.04. The van der Waals surface area contributed by atoms with Crippen LogP contribution in [-0.2, 0) is 25.5 Å². The minimum atomic E-state index is 0.570. The highest BCUT2D eigenvalue weighted by atomic mass is 16.6. The van der Waals surface area contributed by atoms with Gasteiger partial charge in [0, 0.05) is 36.1 Å². The molecular weight excluding hydrogens is 588 g/mol. The Balaban J connectivity index is 1.32. The van der Waals surface area contributed by atoms with E-state index in [0.29, 0.717) is 52.9 Å². The van der Waals surface area contributed by atoms with Crippen LogP contribution in [0.5, 0.6) is 0 Å². The summed E-state index contributed by atoms with van der Waals surface area (Å²) in [6.07, 6.45) is 0. The first kappa shape index (κ1) is 31.2. The Morgan fingerprint density at radius 2 is 1.13 bits per heavy atom. The number of ether oxygens (including phenoxy) is 4. The minimum Gasteiger partial charge on any atom is -0.378 e. The molecular formula is C39H40N4O4. The van der Waals surface area contributed by atoms with E-state index >= 15 is 0 Å². The highest BCUT2D eigenvalue weighted by Gasteiger charge is 2.22. The van der Waals surface area contributed by atoms with Crippen LogP contribution in [0.25, 0.3) is 50.0 Å². The summed E-state index contributed by atoms with van der Waals surface area (Å²) in [6, 6.07) is 37.9. The third-order valence-corrected chi connectivity index (χ3v) is 8.40. The van der Waals surface area contributed by atoms with Gasteiger partial charge < -0.3 is 18.9 Å². The van der Waals surface area contributed by atoms with Crippen LogP contribution in [0, 0.1) is 0 Å². The van der Waals surface area contributed by atoms with Crippen LogP contribution in [0.3, 0.4) is 0 Å². The zero-order valence-electron chi connectivity index (χ0n) is 26.6. The van der Waals surface area contributed by atoms with Crippen molar-refractivity contribution in [3.63, 3.8) is 0 Å². The Labute approximate surface area is 275 Å². The molecule has 2 aromatic heterocycles. The third kappa shape index (κ3) is 7.43. The Bertz CT molecular complexity index is 1860. The maximum absolute atomic E-state index is 5.90. The van der Waals surface area contributed by atoms with Gasteiger partial charge in [0.25, 0.3) is 0 Å². The number of hydrogen-bond acceptors (Lipinski definition) is 7. The molecule has 0 N–H and O–H groups in total. The number of benzene rings is 4. The van der Waals surface area contributed by atoms with Crippen molar-refractivity contribution in [2.45, 2.75) is 6.54 Å². The fraction of sp³-hybridized carbons (Fsp3) is 0.282. The van der Waals surface area contributed by atoms with Crippen LogP contribution in [0.15, 0.2) is 109 Å². The zero-order chi connectivity index (χ0) is 31.7. The van der Waals surface area contributed by atoms with Crippen LogP contribution in [-0.4, -0.2) is 85.6 Å². The fourth-order valence-corrected chi connectivity index (χ4v) is 6.10. The van der Waals surface area contributed by atoms with E-state index in [2.05, 4.69) is 89.8 Å². The summed E-state index contributed by atoms with van der Waals surface area (Å²) < 4.78 is 25.0. The predicted molar refractivity (Wildman–Crippen MR) is 186 cm³/mol. The lowest BCUT2D eigenvalue weighted by Crippen LogP contribution is -2.31. The maximum Gasteiger partial charge on any atom is 0.164 e. The van der Waals surface area contributed by atoms with Gasteiger partial charge in [0.2, 0.25) is 0 Å². The molecule has 8 nitrogen and oxygen atoms in total. The molecule has 0 unspecified atom stereocenters. The molecule has 4 aromatic carbocycles. The monoisotopic (exact) mass is 628 g/mol. The number of para-hydroxylation sites is 1. The number of hydrogen-bond donors (Lipinski definition) is 0. The number of pyridine rings is 1. The number of rotatable bonds is 5. The Morgan fingerprint density at radius 3 is 1.74 bits per heavy atom. The molecule has 7 rings (SSSR count). The molecule has 3 heterocycles. The van der Waals surface area contributed by atoms with Crippen molar-refractivity contribution in [3.8, 4) is 28.1 Å². The first-order chi connectivity index (χ1) is 23.3. The van der Waals surface area contributed by atoms with Gasteiger partial charge in [0.05, 0.1) is 69.4 Å². The first-order valence-electron chi connectivity index (χ1n) is 16.4. The second kappa shape index (κ2) is 15.4. The molecule has 1 fully saturated rings. The van der Waals surface area contributed by atoms with Crippen molar-refractivity contribution in [2.24, 2.45) is 0 Å². The lowest BCUT2D eigenvalue weighted by atomic mass is 9.94. The molecule has 1 saturated heterocycles. The molecule has 0 atom stereocenters. The lowest BCUT2D eigenvalue weighted by Gasteiger charge is -2.23. The smallest absolute Gasteiger partial charge is 0.164 e. The quantitative estimate of drug-likeness (QED) is 0.208. The normalized spacial score (nSPS) is 16.2. The van der Waals surface area contributed by atoms with Gasteiger partial charge in [-0.2, -0.15) is 5.10 Å². The van der Waals surface area contributed by atoms with E-state index in [-0.39, 0.29) is 0 Å². The molecule has 0 bridgehead atoms. The zero-order valence-corrected chi connectivity index (χ0v) is 26.6. The van der Waals surface area contributed by atoms with Gasteiger partial charge in [0.1, 0.15) is 5.69 Å². The predicted octanol–water partition coefficient (Wildman–Crippen LogP) is 6.79. The van der Waals surface area contributed by atoms with Crippen molar-refractivity contribution < 1.29 is 18.9 Å². The number of nitrogens with zero attached hydrogens (tertiary/aromatic N) is 4. The molecule has 240 valence electrons. The maximum atomic E-state index is 5.90. The van der Waals surface area contributed by atoms with E-state index in [4.69, 9.17) is 29.0 Å². The minimum absolute atomic E-state index is 0.570. The van der Waals surface area contributed by atoms with Crippen LogP contribution in [0.4, 0.5) is 0 Å². The summed E-state index contributed by atoms with van der Waals surface area (Å²) in [7, 11) is 0. The first-order valence-corrected chi connectivity index (χ1v) is 16.4. The largest absolute Gasteiger partial charge is 0.378 e. The molecule has 0 amide bonds. The molecule has 0 radical (unpaired) electrons. The molecule has 0 spiro atoms. The van der Waals surface area contributed by atoms with Crippen molar-refractivity contribution in [1.82, 2.24) is 19.7 Å². The summed E-state index contributed by atoms with van der Waals surface area (Å²) in [5, 5.41) is 7.37. The van der Waals surface area contributed by atoms with E-state index in [1.165, 1.54) is 5.56 Å². The average molecular weight is 629 g/mol. The van der Waals surface area contributed by atoms with Gasteiger partial charge in [-0.25, -0.2) is 9.67 Å². The average Bonchev–Trinajstić information content (AvgIpc) is 3.50. The van der Waals surface area contributed by atoms with Crippen molar-refractivity contribution in [1.29, 1.82) is 0 Å². The lowest BCUT2D eigenvalue weighted by molar-refractivity contribution is 0.00206. The Morgan fingerprint density at radius 1 is 0.574 bits per heavy atom. The molecule has 47 heavy (non-hydrogen) atoms. The van der Waals surface area contributed by atoms with E-state index in [9.17, 15) is 0 Å². The van der Waals surface area contributed by atoms with E-state index in [1.807, 2.05) is 28.9 Å². The van der Waals surface area contributed by atoms with Gasteiger partial charge in [-0.1, -0.05) is 84.9 Å². The number of fused-ring (bicyclic) bond motifs is 2. The van der Waals surface area contributed by atoms with Gasteiger partial charge in [-0.15, -0.1) is 0 Å². The standard InChI is InChI=1S/C39H40N4O4/c1-4-10-31(11-5-1)36-34-28-30(29-42-18-20-44-22-24-46-26-27-47-25-23-45-21-19-42)16-17-35(34)40-39-37(36)38(32-12-6-2-7-13-32)41-43(39)33-14-8-3-9-15-33/h1-17,28H,18-27,29H2. The summed E-state index contributed by atoms with van der Waals surface area (Å²) in [5.41, 5.74) is 8.18. The van der Waals surface area contributed by atoms with Gasteiger partial charge in [-0.3, -0.25) is 4.90 Å². The van der Waals surface area contributed by atoms with Crippen LogP contribution in [0.2, 0.25) is 0 Å².